The van der Waals surface area contributed by atoms with Crippen molar-refractivity contribution in [2.75, 3.05) is 20.2 Å². The third-order valence-electron chi connectivity index (χ3n) is 8.35. The van der Waals surface area contributed by atoms with Crippen LogP contribution in [0.4, 0.5) is 0 Å². The standard InChI is InChI=1S/C25H33NO4/c1-15-11-17(5-8-22(28)30-2)19-12-21-20-7-6-18(27)13-25(20,23(19)24(15)29)9-10-26(21)14-16-3-4-16/h11,16,20-21,29H,3-10,12-14H2,1-2H3. The summed E-state index contributed by atoms with van der Waals surface area (Å²) >= 11 is 0. The van der Waals surface area contributed by atoms with Crippen LogP contribution in [0.3, 0.4) is 0 Å². The Bertz CT molecular complexity index is 890. The van der Waals surface area contributed by atoms with E-state index in [1.54, 1.807) is 0 Å². The number of aromatic hydroxyl groups is 1. The zero-order valence-corrected chi connectivity index (χ0v) is 18.2. The van der Waals surface area contributed by atoms with Gasteiger partial charge < -0.3 is 9.84 Å². The number of hydrogen-bond acceptors (Lipinski definition) is 5. The number of fused-ring (bicyclic) bond motifs is 1. The highest BCUT2D eigenvalue weighted by Crippen LogP contribution is 2.58. The number of benzene rings is 1. The Morgan fingerprint density at radius 2 is 2.13 bits per heavy atom. The summed E-state index contributed by atoms with van der Waals surface area (Å²) in [5.74, 6) is 1.81. The van der Waals surface area contributed by atoms with Crippen LogP contribution in [0.25, 0.3) is 0 Å². The lowest BCUT2D eigenvalue weighted by Gasteiger charge is -2.59. The molecule has 1 aliphatic heterocycles. The van der Waals surface area contributed by atoms with Crippen molar-refractivity contribution in [3.05, 3.63) is 28.3 Å². The van der Waals surface area contributed by atoms with Crippen molar-refractivity contribution in [3.63, 3.8) is 0 Å². The summed E-state index contributed by atoms with van der Waals surface area (Å²) in [6.07, 6.45) is 7.72. The van der Waals surface area contributed by atoms with E-state index < -0.39 is 0 Å². The van der Waals surface area contributed by atoms with E-state index in [1.807, 2.05) is 6.92 Å². The average Bonchev–Trinajstić information content (AvgIpc) is 3.54. The number of piperidine rings is 1. The number of methoxy groups -OCH3 is 1. The van der Waals surface area contributed by atoms with Crippen LogP contribution >= 0.6 is 0 Å². The second-order valence-electron chi connectivity index (χ2n) is 10.1. The van der Waals surface area contributed by atoms with E-state index in [2.05, 4.69) is 11.0 Å². The average molecular weight is 412 g/mol. The molecular formula is C25H33NO4. The molecule has 2 bridgehead atoms. The zero-order valence-electron chi connectivity index (χ0n) is 18.2. The Balaban J connectivity index is 1.61. The molecular weight excluding hydrogens is 378 g/mol. The summed E-state index contributed by atoms with van der Waals surface area (Å²) in [6, 6.07) is 2.50. The van der Waals surface area contributed by atoms with E-state index in [0.29, 0.717) is 49.2 Å². The summed E-state index contributed by atoms with van der Waals surface area (Å²) in [6.45, 7) is 4.15. The highest BCUT2D eigenvalue weighted by molar-refractivity contribution is 5.82. The van der Waals surface area contributed by atoms with E-state index in [9.17, 15) is 14.7 Å². The second-order valence-corrected chi connectivity index (χ2v) is 10.1. The van der Waals surface area contributed by atoms with Crippen LogP contribution in [0.15, 0.2) is 6.07 Å². The topological polar surface area (TPSA) is 66.8 Å². The fraction of sp³-hybridized carbons (Fsp3) is 0.680. The second kappa shape index (κ2) is 7.37. The Hall–Kier alpha value is -1.88. The first-order valence-electron chi connectivity index (χ1n) is 11.6. The quantitative estimate of drug-likeness (QED) is 0.752. The van der Waals surface area contributed by atoms with Crippen molar-refractivity contribution in [1.29, 1.82) is 0 Å². The monoisotopic (exact) mass is 411 g/mol. The smallest absolute Gasteiger partial charge is 0.305 e. The maximum atomic E-state index is 12.7. The number of ether oxygens (including phenoxy) is 1. The number of phenols is 1. The van der Waals surface area contributed by atoms with Crippen LogP contribution in [0.5, 0.6) is 5.75 Å². The number of esters is 1. The van der Waals surface area contributed by atoms with Gasteiger partial charge in [0.1, 0.15) is 11.5 Å². The summed E-state index contributed by atoms with van der Waals surface area (Å²) in [4.78, 5) is 27.2. The number of phenolic OH excluding ortho intramolecular Hbond substituents is 1. The Kier molecular flexibility index (Phi) is 4.92. The van der Waals surface area contributed by atoms with E-state index >= 15 is 0 Å². The number of rotatable bonds is 5. The van der Waals surface area contributed by atoms with Gasteiger partial charge in [0.05, 0.1) is 7.11 Å². The molecule has 3 aliphatic carbocycles. The van der Waals surface area contributed by atoms with Gasteiger partial charge in [0.15, 0.2) is 0 Å². The molecule has 1 aromatic carbocycles. The molecule has 3 fully saturated rings. The van der Waals surface area contributed by atoms with E-state index in [4.69, 9.17) is 4.74 Å². The first-order valence-corrected chi connectivity index (χ1v) is 11.6. The Morgan fingerprint density at radius 1 is 1.33 bits per heavy atom. The molecule has 5 heteroatoms. The summed E-state index contributed by atoms with van der Waals surface area (Å²) in [5, 5.41) is 11.2. The molecule has 5 nitrogen and oxygen atoms in total. The number of ketones is 1. The van der Waals surface area contributed by atoms with Gasteiger partial charge in [-0.25, -0.2) is 0 Å². The normalized spacial score (nSPS) is 30.5. The van der Waals surface area contributed by atoms with Crippen molar-refractivity contribution in [3.8, 4) is 5.75 Å². The van der Waals surface area contributed by atoms with Gasteiger partial charge in [-0.1, -0.05) is 6.07 Å². The summed E-state index contributed by atoms with van der Waals surface area (Å²) in [5.41, 5.74) is 4.03. The summed E-state index contributed by atoms with van der Waals surface area (Å²) in [7, 11) is 1.43. The Morgan fingerprint density at radius 3 is 2.87 bits per heavy atom. The lowest BCUT2D eigenvalue weighted by Crippen LogP contribution is -2.62. The molecule has 1 aromatic rings. The lowest BCUT2D eigenvalue weighted by atomic mass is 9.51. The molecule has 162 valence electrons. The van der Waals surface area contributed by atoms with Gasteiger partial charge in [-0.2, -0.15) is 0 Å². The number of likely N-dealkylation sites (tertiary alicyclic amines) is 1. The minimum Gasteiger partial charge on any atom is -0.507 e. The molecule has 4 aliphatic rings. The van der Waals surface area contributed by atoms with Gasteiger partial charge in [0, 0.05) is 42.8 Å². The maximum absolute atomic E-state index is 12.7. The number of nitrogens with zero attached hydrogens (tertiary/aromatic N) is 1. The predicted octanol–water partition coefficient (Wildman–Crippen LogP) is 3.45. The molecule has 3 atom stereocenters. The molecule has 1 heterocycles. The highest BCUT2D eigenvalue weighted by atomic mass is 16.5. The van der Waals surface area contributed by atoms with Gasteiger partial charge in [-0.3, -0.25) is 14.5 Å². The molecule has 30 heavy (non-hydrogen) atoms. The third-order valence-corrected chi connectivity index (χ3v) is 8.35. The van der Waals surface area contributed by atoms with Crippen LogP contribution in [0, 0.1) is 18.8 Å². The van der Waals surface area contributed by atoms with Gasteiger partial charge >= 0.3 is 5.97 Å². The van der Waals surface area contributed by atoms with Crippen LogP contribution in [-0.4, -0.2) is 48.0 Å². The fourth-order valence-electron chi connectivity index (χ4n) is 6.75. The predicted molar refractivity (Wildman–Crippen MR) is 114 cm³/mol. The van der Waals surface area contributed by atoms with Gasteiger partial charge in [-0.05, 0) is 80.5 Å². The van der Waals surface area contributed by atoms with Crippen LogP contribution in [-0.2, 0) is 32.6 Å². The number of Topliss-reactive ketones (excluding diaryl/α,β-unsaturated/α-hetero) is 1. The first-order chi connectivity index (χ1) is 14.4. The zero-order chi connectivity index (χ0) is 21.0. The van der Waals surface area contributed by atoms with Gasteiger partial charge in [0.25, 0.3) is 0 Å². The number of carbonyl (C=O) groups is 2. The fourth-order valence-corrected chi connectivity index (χ4v) is 6.75. The van der Waals surface area contributed by atoms with Crippen LogP contribution < -0.4 is 0 Å². The maximum Gasteiger partial charge on any atom is 0.305 e. The van der Waals surface area contributed by atoms with E-state index in [1.165, 1.54) is 32.1 Å². The van der Waals surface area contributed by atoms with Gasteiger partial charge in [0.2, 0.25) is 0 Å². The van der Waals surface area contributed by atoms with Crippen molar-refractivity contribution < 1.29 is 19.4 Å². The van der Waals surface area contributed by atoms with Crippen LogP contribution in [0.2, 0.25) is 0 Å². The molecule has 0 radical (unpaired) electrons. The number of aryl methyl sites for hydroxylation is 2. The lowest BCUT2D eigenvalue weighted by molar-refractivity contribution is -0.140. The molecule has 3 unspecified atom stereocenters. The molecule has 1 N–H and O–H groups in total. The minimum atomic E-state index is -0.232. The minimum absolute atomic E-state index is 0.204. The number of carbonyl (C=O) groups excluding carboxylic acids is 2. The Labute approximate surface area is 178 Å². The van der Waals surface area contributed by atoms with Gasteiger partial charge in [-0.15, -0.1) is 0 Å². The van der Waals surface area contributed by atoms with E-state index in [0.717, 1.165) is 48.4 Å². The molecule has 0 amide bonds. The number of hydrogen-bond donors (Lipinski definition) is 1. The molecule has 0 spiro atoms. The van der Waals surface area contributed by atoms with E-state index in [-0.39, 0.29) is 11.4 Å². The van der Waals surface area contributed by atoms with Crippen molar-refractivity contribution in [2.24, 2.45) is 11.8 Å². The largest absolute Gasteiger partial charge is 0.507 e. The third kappa shape index (κ3) is 3.17. The molecule has 5 rings (SSSR count). The van der Waals surface area contributed by atoms with Crippen molar-refractivity contribution in [1.82, 2.24) is 4.90 Å². The SMILES string of the molecule is COC(=O)CCc1cc(C)c(O)c2c1CC1C3CCC(=O)CC23CCN1CC1CC1. The molecule has 2 saturated carbocycles. The summed E-state index contributed by atoms with van der Waals surface area (Å²) < 4.78 is 4.87. The van der Waals surface area contributed by atoms with Crippen LogP contribution in [0.1, 0.15) is 67.2 Å². The highest BCUT2D eigenvalue weighted by Gasteiger charge is 2.57. The first kappa shape index (κ1) is 20.0. The molecule has 0 aromatic heterocycles. The van der Waals surface area contributed by atoms with Crippen molar-refractivity contribution in [2.45, 2.75) is 76.2 Å². The molecule has 1 saturated heterocycles. The van der Waals surface area contributed by atoms with Crippen molar-refractivity contribution >= 4 is 11.8 Å².